The molecule has 0 aliphatic carbocycles. The van der Waals surface area contributed by atoms with Crippen molar-refractivity contribution in [2.75, 3.05) is 13.1 Å². The second kappa shape index (κ2) is 5.11. The van der Waals surface area contributed by atoms with Gasteiger partial charge in [0.2, 0.25) is 0 Å². The molecule has 0 amide bonds. The van der Waals surface area contributed by atoms with Gasteiger partial charge in [-0.15, -0.1) is 12.4 Å². The van der Waals surface area contributed by atoms with Crippen LogP contribution in [0.15, 0.2) is 0 Å². The number of carbonyl (C=O) groups excluding carboxylic acids is 1. The molecule has 5 heteroatoms. The lowest BCUT2D eigenvalue weighted by atomic mass is 10.0. The fourth-order valence-electron chi connectivity index (χ4n) is 1.15. The maximum absolute atomic E-state index is 11.0. The monoisotopic (exact) mass is 193 g/mol. The molecule has 1 atom stereocenters. The first-order valence-corrected chi connectivity index (χ1v) is 3.68. The molecule has 1 heterocycles. The highest BCUT2D eigenvalue weighted by Gasteiger charge is 2.26. The summed E-state index contributed by atoms with van der Waals surface area (Å²) >= 11 is 0. The standard InChI is InChI=1S/C7H11NO3.ClH/c9-6-2-1-3-8-4-5(6)7(10)11;/h5,8H,1-4H2,(H,10,11);1H. The number of carboxylic acid groups (broad SMARTS) is 1. The number of carbonyl (C=O) groups is 2. The molecule has 0 aromatic heterocycles. The number of ketones is 1. The minimum Gasteiger partial charge on any atom is -0.481 e. The van der Waals surface area contributed by atoms with Crippen molar-refractivity contribution in [1.82, 2.24) is 5.32 Å². The van der Waals surface area contributed by atoms with Crippen molar-refractivity contribution in [2.45, 2.75) is 12.8 Å². The molecule has 1 aliphatic rings. The maximum Gasteiger partial charge on any atom is 0.315 e. The van der Waals surface area contributed by atoms with Crippen LogP contribution < -0.4 is 5.32 Å². The highest BCUT2D eigenvalue weighted by molar-refractivity contribution is 5.98. The Labute approximate surface area is 76.7 Å². The second-order valence-electron chi connectivity index (χ2n) is 2.66. The van der Waals surface area contributed by atoms with Gasteiger partial charge in [-0.05, 0) is 13.0 Å². The van der Waals surface area contributed by atoms with Crippen LogP contribution in [0.3, 0.4) is 0 Å². The van der Waals surface area contributed by atoms with Crippen molar-refractivity contribution >= 4 is 24.2 Å². The molecule has 1 saturated heterocycles. The second-order valence-corrected chi connectivity index (χ2v) is 2.66. The Balaban J connectivity index is 0.00000121. The van der Waals surface area contributed by atoms with Crippen molar-refractivity contribution in [2.24, 2.45) is 5.92 Å². The van der Waals surface area contributed by atoms with Gasteiger partial charge in [0, 0.05) is 13.0 Å². The van der Waals surface area contributed by atoms with Crippen molar-refractivity contribution in [3.8, 4) is 0 Å². The van der Waals surface area contributed by atoms with Gasteiger partial charge in [0.25, 0.3) is 0 Å². The Bertz CT molecular complexity index is 183. The molecular weight excluding hydrogens is 182 g/mol. The summed E-state index contributed by atoms with van der Waals surface area (Å²) < 4.78 is 0. The van der Waals surface area contributed by atoms with E-state index in [4.69, 9.17) is 5.11 Å². The van der Waals surface area contributed by atoms with Crippen LogP contribution in [0.4, 0.5) is 0 Å². The first-order chi connectivity index (χ1) is 5.22. The first kappa shape index (κ1) is 11.4. The van der Waals surface area contributed by atoms with Gasteiger partial charge in [-0.2, -0.15) is 0 Å². The highest BCUT2D eigenvalue weighted by atomic mass is 35.5. The number of carboxylic acids is 1. The Morgan fingerprint density at radius 3 is 2.83 bits per heavy atom. The average molecular weight is 194 g/mol. The van der Waals surface area contributed by atoms with Crippen LogP contribution in [0.25, 0.3) is 0 Å². The molecule has 1 rings (SSSR count). The summed E-state index contributed by atoms with van der Waals surface area (Å²) in [6.45, 7) is 1.03. The zero-order valence-electron chi connectivity index (χ0n) is 6.58. The van der Waals surface area contributed by atoms with Crippen molar-refractivity contribution in [3.63, 3.8) is 0 Å². The molecule has 2 N–H and O–H groups in total. The normalized spacial score (nSPS) is 24.0. The molecule has 0 aromatic carbocycles. The van der Waals surface area contributed by atoms with Gasteiger partial charge in [0.1, 0.15) is 11.7 Å². The number of hydrogen-bond donors (Lipinski definition) is 2. The van der Waals surface area contributed by atoms with Gasteiger partial charge in [-0.3, -0.25) is 9.59 Å². The molecule has 1 unspecified atom stereocenters. The molecule has 70 valence electrons. The van der Waals surface area contributed by atoms with E-state index in [2.05, 4.69) is 5.32 Å². The first-order valence-electron chi connectivity index (χ1n) is 3.68. The predicted molar refractivity (Wildman–Crippen MR) is 45.5 cm³/mol. The highest BCUT2D eigenvalue weighted by Crippen LogP contribution is 2.06. The molecule has 0 aromatic rings. The van der Waals surface area contributed by atoms with E-state index in [1.165, 1.54) is 0 Å². The quantitative estimate of drug-likeness (QED) is 0.578. The van der Waals surface area contributed by atoms with E-state index in [1.54, 1.807) is 0 Å². The summed E-state index contributed by atoms with van der Waals surface area (Å²) in [5.41, 5.74) is 0. The zero-order chi connectivity index (χ0) is 8.27. The third-order valence-corrected chi connectivity index (χ3v) is 1.81. The lowest BCUT2D eigenvalue weighted by Crippen LogP contribution is -2.31. The van der Waals surface area contributed by atoms with Crippen molar-refractivity contribution in [3.05, 3.63) is 0 Å². The maximum atomic E-state index is 11.0. The summed E-state index contributed by atoms with van der Waals surface area (Å²) in [6.07, 6.45) is 1.15. The van der Waals surface area contributed by atoms with Crippen LogP contribution in [0.5, 0.6) is 0 Å². The lowest BCUT2D eigenvalue weighted by Gasteiger charge is -2.05. The molecule has 1 aliphatic heterocycles. The molecule has 0 radical (unpaired) electrons. The summed E-state index contributed by atoms with van der Waals surface area (Å²) in [5, 5.41) is 11.5. The number of aliphatic carboxylic acids is 1. The number of rotatable bonds is 1. The Morgan fingerprint density at radius 2 is 2.25 bits per heavy atom. The number of nitrogens with one attached hydrogen (secondary N) is 1. The van der Waals surface area contributed by atoms with Gasteiger partial charge in [0.05, 0.1) is 0 Å². The molecule has 1 fully saturated rings. The van der Waals surface area contributed by atoms with E-state index in [9.17, 15) is 9.59 Å². The third-order valence-electron chi connectivity index (χ3n) is 1.81. The van der Waals surface area contributed by atoms with E-state index in [0.717, 1.165) is 13.0 Å². The van der Waals surface area contributed by atoms with Crippen molar-refractivity contribution < 1.29 is 14.7 Å². The topological polar surface area (TPSA) is 66.4 Å². The van der Waals surface area contributed by atoms with Crippen LogP contribution in [0.1, 0.15) is 12.8 Å². The Kier molecular flexibility index (Phi) is 4.85. The summed E-state index contributed by atoms with van der Waals surface area (Å²) in [5.74, 6) is -1.98. The average Bonchev–Trinajstić information content (AvgIpc) is 2.13. The fraction of sp³-hybridized carbons (Fsp3) is 0.714. The van der Waals surface area contributed by atoms with Gasteiger partial charge < -0.3 is 10.4 Å². The summed E-state index contributed by atoms with van der Waals surface area (Å²) in [4.78, 5) is 21.5. The Hall–Kier alpha value is -0.610. The van der Waals surface area contributed by atoms with E-state index in [1.807, 2.05) is 0 Å². The van der Waals surface area contributed by atoms with Crippen LogP contribution in [-0.4, -0.2) is 29.9 Å². The number of hydrogen-bond acceptors (Lipinski definition) is 3. The van der Waals surface area contributed by atoms with Gasteiger partial charge in [-0.1, -0.05) is 0 Å². The van der Waals surface area contributed by atoms with Crippen LogP contribution >= 0.6 is 12.4 Å². The largest absolute Gasteiger partial charge is 0.481 e. The SMILES string of the molecule is Cl.O=C(O)C1CNCCCC1=O. The summed E-state index contributed by atoms with van der Waals surface area (Å²) in [7, 11) is 0. The van der Waals surface area contributed by atoms with Gasteiger partial charge in [-0.25, -0.2) is 0 Å². The number of Topliss-reactive ketones (excluding diaryl/α,β-unsaturated/α-hetero) is 1. The van der Waals surface area contributed by atoms with E-state index in [0.29, 0.717) is 6.42 Å². The molecule has 0 spiro atoms. The van der Waals surface area contributed by atoms with E-state index in [-0.39, 0.29) is 24.7 Å². The smallest absolute Gasteiger partial charge is 0.315 e. The molecule has 4 nitrogen and oxygen atoms in total. The van der Waals surface area contributed by atoms with E-state index >= 15 is 0 Å². The van der Waals surface area contributed by atoms with Crippen LogP contribution in [0, 0.1) is 5.92 Å². The lowest BCUT2D eigenvalue weighted by molar-refractivity contribution is -0.145. The molecular formula is C7H12ClNO3. The van der Waals surface area contributed by atoms with E-state index < -0.39 is 11.9 Å². The molecule has 12 heavy (non-hydrogen) atoms. The molecule has 0 bridgehead atoms. The fourth-order valence-corrected chi connectivity index (χ4v) is 1.15. The zero-order valence-corrected chi connectivity index (χ0v) is 7.39. The minimum atomic E-state index is -1.01. The van der Waals surface area contributed by atoms with Gasteiger partial charge in [0.15, 0.2) is 0 Å². The van der Waals surface area contributed by atoms with Gasteiger partial charge >= 0.3 is 5.97 Å². The van der Waals surface area contributed by atoms with Crippen LogP contribution in [-0.2, 0) is 9.59 Å². The third kappa shape index (κ3) is 2.79. The summed E-state index contributed by atoms with van der Waals surface area (Å²) in [6, 6.07) is 0. The number of halogens is 1. The molecule has 0 saturated carbocycles. The Morgan fingerprint density at radius 1 is 1.58 bits per heavy atom. The van der Waals surface area contributed by atoms with Crippen molar-refractivity contribution in [1.29, 1.82) is 0 Å². The minimum absolute atomic E-state index is 0. The van der Waals surface area contributed by atoms with Crippen LogP contribution in [0.2, 0.25) is 0 Å². The predicted octanol–water partition coefficient (Wildman–Crippen LogP) is 0.0615.